The van der Waals surface area contributed by atoms with Crippen LogP contribution in [0.3, 0.4) is 0 Å². The van der Waals surface area contributed by atoms with Gasteiger partial charge in [0.2, 0.25) is 0 Å². The van der Waals surface area contributed by atoms with Gasteiger partial charge in [0, 0.05) is 5.38 Å². The lowest BCUT2D eigenvalue weighted by molar-refractivity contribution is 0.535. The predicted octanol–water partition coefficient (Wildman–Crippen LogP) is 6.75. The summed E-state index contributed by atoms with van der Waals surface area (Å²) < 4.78 is 0. The molecule has 22 heavy (non-hydrogen) atoms. The van der Waals surface area contributed by atoms with Crippen LogP contribution in [0.2, 0.25) is 0 Å². The fourth-order valence-corrected chi connectivity index (χ4v) is 3.54. The van der Waals surface area contributed by atoms with E-state index in [2.05, 4.69) is 17.3 Å². The third-order valence-electron chi connectivity index (χ3n) is 4.36. The van der Waals surface area contributed by atoms with Crippen LogP contribution < -0.4 is 5.73 Å². The van der Waals surface area contributed by atoms with Crippen LogP contribution in [0.15, 0.2) is 5.38 Å². The molecule has 0 aliphatic heterocycles. The van der Waals surface area contributed by atoms with Crippen molar-refractivity contribution in [2.24, 2.45) is 0 Å². The maximum Gasteiger partial charge on any atom is 0.180 e. The maximum atomic E-state index is 5.64. The first-order chi connectivity index (χ1) is 10.8. The summed E-state index contributed by atoms with van der Waals surface area (Å²) >= 11 is 1.56. The van der Waals surface area contributed by atoms with Crippen molar-refractivity contribution in [2.45, 2.75) is 103 Å². The van der Waals surface area contributed by atoms with Gasteiger partial charge in [-0.3, -0.25) is 0 Å². The molecule has 0 saturated carbocycles. The first kappa shape index (κ1) is 19.5. The molecular weight excluding hydrogens is 288 g/mol. The van der Waals surface area contributed by atoms with Crippen LogP contribution >= 0.6 is 11.3 Å². The third-order valence-corrected chi connectivity index (χ3v) is 5.08. The molecule has 0 spiro atoms. The van der Waals surface area contributed by atoms with Crippen molar-refractivity contribution < 1.29 is 0 Å². The zero-order valence-corrected chi connectivity index (χ0v) is 15.4. The molecule has 0 aliphatic rings. The molecule has 1 aromatic rings. The Morgan fingerprint density at radius 2 is 1.23 bits per heavy atom. The Morgan fingerprint density at radius 1 is 0.773 bits per heavy atom. The van der Waals surface area contributed by atoms with Crippen LogP contribution in [-0.2, 0) is 6.42 Å². The molecule has 128 valence electrons. The molecule has 0 saturated heterocycles. The van der Waals surface area contributed by atoms with Gasteiger partial charge in [0.1, 0.15) is 0 Å². The van der Waals surface area contributed by atoms with Gasteiger partial charge in [-0.2, -0.15) is 0 Å². The fourth-order valence-electron chi connectivity index (χ4n) is 2.94. The SMILES string of the molecule is CCCCCCCCCCCCCCCCc1csc(N)n1. The highest BCUT2D eigenvalue weighted by atomic mass is 32.1. The Kier molecular flexibility index (Phi) is 12.4. The highest BCUT2D eigenvalue weighted by Crippen LogP contribution is 2.15. The summed E-state index contributed by atoms with van der Waals surface area (Å²) in [5.41, 5.74) is 6.82. The number of hydrogen-bond acceptors (Lipinski definition) is 3. The van der Waals surface area contributed by atoms with Crippen LogP contribution in [0, 0.1) is 0 Å². The van der Waals surface area contributed by atoms with Crippen molar-refractivity contribution in [2.75, 3.05) is 5.73 Å². The Labute approximate surface area is 141 Å². The van der Waals surface area contributed by atoms with E-state index in [1.165, 1.54) is 95.6 Å². The Morgan fingerprint density at radius 3 is 1.64 bits per heavy atom. The molecule has 1 aromatic heterocycles. The quantitative estimate of drug-likeness (QED) is 0.362. The normalized spacial score (nSPS) is 11.1. The van der Waals surface area contributed by atoms with Crippen LogP contribution in [0.4, 0.5) is 5.13 Å². The molecule has 0 radical (unpaired) electrons. The summed E-state index contributed by atoms with van der Waals surface area (Å²) in [6.45, 7) is 2.29. The van der Waals surface area contributed by atoms with Crippen LogP contribution in [0.1, 0.15) is 103 Å². The van der Waals surface area contributed by atoms with E-state index in [0.29, 0.717) is 5.13 Å². The molecule has 0 aliphatic carbocycles. The van der Waals surface area contributed by atoms with Crippen molar-refractivity contribution in [1.29, 1.82) is 0 Å². The second-order valence-electron chi connectivity index (χ2n) is 6.52. The number of anilines is 1. The molecule has 1 heterocycles. The fraction of sp³-hybridized carbons (Fsp3) is 0.842. The molecule has 2 nitrogen and oxygen atoms in total. The van der Waals surface area contributed by atoms with Gasteiger partial charge in [0.25, 0.3) is 0 Å². The lowest BCUT2D eigenvalue weighted by atomic mass is 10.0. The standard InChI is InChI=1S/C19H36N2S/c1-2-3-4-5-6-7-8-9-10-11-12-13-14-15-16-18-17-22-19(20)21-18/h17H,2-16H2,1H3,(H2,20,21). The van der Waals surface area contributed by atoms with Crippen molar-refractivity contribution in [3.63, 3.8) is 0 Å². The second kappa shape index (κ2) is 14.0. The zero-order chi connectivity index (χ0) is 15.9. The number of aromatic nitrogens is 1. The maximum absolute atomic E-state index is 5.64. The van der Waals surface area contributed by atoms with Crippen LogP contribution in [0.25, 0.3) is 0 Å². The van der Waals surface area contributed by atoms with Gasteiger partial charge >= 0.3 is 0 Å². The first-order valence-electron chi connectivity index (χ1n) is 9.53. The summed E-state index contributed by atoms with van der Waals surface area (Å²) in [5.74, 6) is 0. The van der Waals surface area contributed by atoms with Gasteiger partial charge in [-0.1, -0.05) is 90.4 Å². The topological polar surface area (TPSA) is 38.9 Å². The third kappa shape index (κ3) is 11.1. The van der Waals surface area contributed by atoms with Crippen molar-refractivity contribution >= 4 is 16.5 Å². The average molecular weight is 325 g/mol. The van der Waals surface area contributed by atoms with E-state index in [4.69, 9.17) is 5.73 Å². The van der Waals surface area contributed by atoms with E-state index in [0.717, 1.165) is 6.42 Å². The van der Waals surface area contributed by atoms with Gasteiger partial charge in [0.15, 0.2) is 5.13 Å². The zero-order valence-electron chi connectivity index (χ0n) is 14.6. The summed E-state index contributed by atoms with van der Waals surface area (Å²) in [6.07, 6.45) is 20.9. The van der Waals surface area contributed by atoms with Crippen molar-refractivity contribution in [3.05, 3.63) is 11.1 Å². The minimum Gasteiger partial charge on any atom is -0.375 e. The summed E-state index contributed by atoms with van der Waals surface area (Å²) in [5, 5.41) is 2.80. The van der Waals surface area contributed by atoms with E-state index in [9.17, 15) is 0 Å². The largest absolute Gasteiger partial charge is 0.375 e. The van der Waals surface area contributed by atoms with Crippen molar-refractivity contribution in [1.82, 2.24) is 4.98 Å². The smallest absolute Gasteiger partial charge is 0.180 e. The van der Waals surface area contributed by atoms with E-state index in [1.54, 1.807) is 11.3 Å². The highest BCUT2D eigenvalue weighted by Gasteiger charge is 1.98. The van der Waals surface area contributed by atoms with E-state index in [1.807, 2.05) is 0 Å². The van der Waals surface area contributed by atoms with Gasteiger partial charge in [0.05, 0.1) is 5.69 Å². The lowest BCUT2D eigenvalue weighted by Gasteiger charge is -2.03. The van der Waals surface area contributed by atoms with Crippen molar-refractivity contribution in [3.8, 4) is 0 Å². The summed E-state index contributed by atoms with van der Waals surface area (Å²) in [7, 11) is 0. The molecule has 0 fully saturated rings. The number of rotatable bonds is 15. The van der Waals surface area contributed by atoms with Gasteiger partial charge in [-0.25, -0.2) is 4.98 Å². The Hall–Kier alpha value is -0.570. The number of nitrogens with two attached hydrogens (primary N) is 1. The van der Waals surface area contributed by atoms with E-state index >= 15 is 0 Å². The number of nitrogen functional groups attached to an aromatic ring is 1. The molecular formula is C19H36N2S. The monoisotopic (exact) mass is 324 g/mol. The first-order valence-corrected chi connectivity index (χ1v) is 10.4. The molecule has 0 bridgehead atoms. The summed E-state index contributed by atoms with van der Waals surface area (Å²) in [6, 6.07) is 0. The Bertz CT molecular complexity index is 349. The van der Waals surface area contributed by atoms with Crippen LogP contribution in [0.5, 0.6) is 0 Å². The Balaban J connectivity index is 1.73. The lowest BCUT2D eigenvalue weighted by Crippen LogP contribution is -1.88. The highest BCUT2D eigenvalue weighted by molar-refractivity contribution is 7.13. The number of thiazole rings is 1. The average Bonchev–Trinajstić information content (AvgIpc) is 2.93. The minimum absolute atomic E-state index is 0.709. The second-order valence-corrected chi connectivity index (χ2v) is 7.41. The van der Waals surface area contributed by atoms with Gasteiger partial charge in [-0.05, 0) is 12.8 Å². The predicted molar refractivity (Wildman–Crippen MR) is 101 cm³/mol. The molecule has 0 unspecified atom stereocenters. The number of unbranched alkanes of at least 4 members (excludes halogenated alkanes) is 13. The van der Waals surface area contributed by atoms with Gasteiger partial charge < -0.3 is 5.73 Å². The number of aryl methyl sites for hydroxylation is 1. The number of nitrogens with zero attached hydrogens (tertiary/aromatic N) is 1. The molecule has 0 atom stereocenters. The molecule has 0 amide bonds. The minimum atomic E-state index is 0.709. The molecule has 2 N–H and O–H groups in total. The molecule has 0 aromatic carbocycles. The molecule has 1 rings (SSSR count). The summed E-state index contributed by atoms with van der Waals surface area (Å²) in [4.78, 5) is 4.31. The van der Waals surface area contributed by atoms with Gasteiger partial charge in [-0.15, -0.1) is 11.3 Å². The molecule has 3 heteroatoms. The van der Waals surface area contributed by atoms with E-state index < -0.39 is 0 Å². The number of hydrogen-bond donors (Lipinski definition) is 1. The van der Waals surface area contributed by atoms with E-state index in [-0.39, 0.29) is 0 Å². The van der Waals surface area contributed by atoms with Crippen LogP contribution in [-0.4, -0.2) is 4.98 Å².